The second kappa shape index (κ2) is 6.32. The van der Waals surface area contributed by atoms with E-state index in [2.05, 4.69) is 10.3 Å². The lowest BCUT2D eigenvalue weighted by molar-refractivity contribution is -0.132. The summed E-state index contributed by atoms with van der Waals surface area (Å²) in [5.41, 5.74) is 0.719. The van der Waals surface area contributed by atoms with Crippen LogP contribution in [-0.2, 0) is 23.2 Å². The quantitative estimate of drug-likeness (QED) is 0.850. The Balaban J connectivity index is 1.93. The molecule has 1 N–H and O–H groups in total. The molecule has 1 aliphatic heterocycles. The average Bonchev–Trinajstić information content (AvgIpc) is 2.99. The van der Waals surface area contributed by atoms with E-state index in [0.717, 1.165) is 10.9 Å². The zero-order valence-corrected chi connectivity index (χ0v) is 14.7. The molecule has 1 atom stereocenters. The Morgan fingerprint density at radius 3 is 2.68 bits per heavy atom. The minimum Gasteiger partial charge on any atom is -0.350 e. The highest BCUT2D eigenvalue weighted by Crippen LogP contribution is 2.25. The van der Waals surface area contributed by atoms with E-state index in [9.17, 15) is 9.59 Å². The van der Waals surface area contributed by atoms with Crippen molar-refractivity contribution in [3.8, 4) is 0 Å². The number of rotatable bonds is 4. The maximum atomic E-state index is 12.3. The van der Waals surface area contributed by atoms with Gasteiger partial charge in [0.2, 0.25) is 11.8 Å². The van der Waals surface area contributed by atoms with Crippen LogP contribution in [0.1, 0.15) is 32.9 Å². The first kappa shape index (κ1) is 16.9. The van der Waals surface area contributed by atoms with E-state index in [0.29, 0.717) is 19.5 Å². The maximum absolute atomic E-state index is 12.3. The van der Waals surface area contributed by atoms with Gasteiger partial charge in [-0.3, -0.25) is 9.59 Å². The third-order valence-corrected chi connectivity index (χ3v) is 4.72. The number of likely N-dealkylation sites (tertiary alicyclic amines) is 1. The van der Waals surface area contributed by atoms with Gasteiger partial charge in [-0.1, -0.05) is 11.8 Å². The largest absolute Gasteiger partial charge is 0.350 e. The van der Waals surface area contributed by atoms with Gasteiger partial charge < -0.3 is 14.8 Å². The number of hydrogen-bond donors (Lipinski definition) is 1. The van der Waals surface area contributed by atoms with Crippen LogP contribution in [0.2, 0.25) is 0 Å². The van der Waals surface area contributed by atoms with Crippen molar-refractivity contribution < 1.29 is 9.59 Å². The number of nitrogens with zero attached hydrogens (tertiary/aromatic N) is 3. The lowest BCUT2D eigenvalue weighted by Crippen LogP contribution is -2.43. The zero-order chi connectivity index (χ0) is 16.5. The molecule has 0 aromatic carbocycles. The van der Waals surface area contributed by atoms with Gasteiger partial charge in [-0.2, -0.15) is 0 Å². The van der Waals surface area contributed by atoms with Crippen molar-refractivity contribution in [3.05, 3.63) is 11.9 Å². The zero-order valence-electron chi connectivity index (χ0n) is 13.8. The van der Waals surface area contributed by atoms with Crippen LogP contribution in [0.3, 0.4) is 0 Å². The lowest BCUT2D eigenvalue weighted by Gasteiger charge is -2.31. The van der Waals surface area contributed by atoms with E-state index in [-0.39, 0.29) is 23.3 Å². The minimum absolute atomic E-state index is 0.0536. The number of hydrogen-bond acceptors (Lipinski definition) is 4. The van der Waals surface area contributed by atoms with Crippen molar-refractivity contribution in [3.63, 3.8) is 0 Å². The van der Waals surface area contributed by atoms with E-state index in [4.69, 9.17) is 0 Å². The van der Waals surface area contributed by atoms with Crippen molar-refractivity contribution in [2.75, 3.05) is 12.8 Å². The van der Waals surface area contributed by atoms with Crippen molar-refractivity contribution in [1.29, 1.82) is 0 Å². The van der Waals surface area contributed by atoms with Crippen LogP contribution >= 0.6 is 11.8 Å². The minimum atomic E-state index is -0.264. The molecule has 0 unspecified atom stereocenters. The van der Waals surface area contributed by atoms with E-state index in [1.165, 1.54) is 0 Å². The van der Waals surface area contributed by atoms with Crippen LogP contribution in [0.4, 0.5) is 0 Å². The number of carbonyl (C=O) groups excluding carboxylic acids is 2. The van der Waals surface area contributed by atoms with Gasteiger partial charge in [0.15, 0.2) is 5.16 Å². The predicted molar refractivity (Wildman–Crippen MR) is 86.4 cm³/mol. The highest BCUT2D eigenvalue weighted by Gasteiger charge is 2.39. The fourth-order valence-corrected chi connectivity index (χ4v) is 3.18. The van der Waals surface area contributed by atoms with Crippen LogP contribution < -0.4 is 5.32 Å². The Bertz CT molecular complexity index is 577. The van der Waals surface area contributed by atoms with E-state index in [1.807, 2.05) is 38.6 Å². The third-order valence-electron chi connectivity index (χ3n) is 3.97. The highest BCUT2D eigenvalue weighted by atomic mass is 32.2. The van der Waals surface area contributed by atoms with Gasteiger partial charge >= 0.3 is 0 Å². The van der Waals surface area contributed by atoms with Gasteiger partial charge in [0.25, 0.3) is 0 Å². The smallest absolute Gasteiger partial charge is 0.225 e. The maximum Gasteiger partial charge on any atom is 0.225 e. The summed E-state index contributed by atoms with van der Waals surface area (Å²) in [4.78, 5) is 30.4. The molecular formula is C15H24N4O2S. The van der Waals surface area contributed by atoms with Gasteiger partial charge in [-0.15, -0.1) is 0 Å². The van der Waals surface area contributed by atoms with Crippen LogP contribution in [0, 0.1) is 5.92 Å². The molecule has 2 heterocycles. The molecule has 1 saturated heterocycles. The first-order valence-corrected chi connectivity index (χ1v) is 8.59. The molecule has 0 aliphatic carbocycles. The van der Waals surface area contributed by atoms with Crippen LogP contribution in [0.5, 0.6) is 0 Å². The molecule has 1 fully saturated rings. The van der Waals surface area contributed by atoms with Gasteiger partial charge in [-0.05, 0) is 27.0 Å². The molecule has 2 amide bonds. The molecule has 0 spiro atoms. The second-order valence-corrected chi connectivity index (χ2v) is 7.36. The summed E-state index contributed by atoms with van der Waals surface area (Å²) in [6.45, 7) is 6.90. The Morgan fingerprint density at radius 1 is 1.50 bits per heavy atom. The Kier molecular flexibility index (Phi) is 4.84. The SMILES string of the molecule is CSc1ncc(CNC(=O)[C@@H]2CC(=O)N(C(C)(C)C)C2)n1C. The van der Waals surface area contributed by atoms with Crippen LogP contribution in [-0.4, -0.2) is 44.6 Å². The van der Waals surface area contributed by atoms with Crippen molar-refractivity contribution in [2.45, 2.75) is 44.4 Å². The molecule has 0 radical (unpaired) electrons. The van der Waals surface area contributed by atoms with Crippen LogP contribution in [0.15, 0.2) is 11.4 Å². The molecule has 0 bridgehead atoms. The van der Waals surface area contributed by atoms with E-state index >= 15 is 0 Å². The number of amides is 2. The normalized spacial score (nSPS) is 18.9. The molecule has 1 aliphatic rings. The molecule has 0 saturated carbocycles. The molecule has 22 heavy (non-hydrogen) atoms. The predicted octanol–water partition coefficient (Wildman–Crippen LogP) is 1.41. The molecule has 6 nitrogen and oxygen atoms in total. The van der Waals surface area contributed by atoms with E-state index < -0.39 is 0 Å². The Morgan fingerprint density at radius 2 is 2.18 bits per heavy atom. The van der Waals surface area contributed by atoms with Gasteiger partial charge in [-0.25, -0.2) is 4.98 Å². The monoisotopic (exact) mass is 324 g/mol. The van der Waals surface area contributed by atoms with E-state index in [1.54, 1.807) is 22.9 Å². The number of nitrogens with one attached hydrogen (secondary N) is 1. The summed E-state index contributed by atoms with van der Waals surface area (Å²) in [6.07, 6.45) is 4.04. The summed E-state index contributed by atoms with van der Waals surface area (Å²) >= 11 is 1.57. The van der Waals surface area contributed by atoms with Gasteiger partial charge in [0.05, 0.1) is 24.4 Å². The summed E-state index contributed by atoms with van der Waals surface area (Å²) in [7, 11) is 1.93. The van der Waals surface area contributed by atoms with Gasteiger partial charge in [0.1, 0.15) is 0 Å². The average molecular weight is 324 g/mol. The first-order chi connectivity index (χ1) is 10.2. The fourth-order valence-electron chi connectivity index (χ4n) is 2.63. The summed E-state index contributed by atoms with van der Waals surface area (Å²) in [6, 6.07) is 0. The molecule has 1 aromatic heterocycles. The Labute approximate surface area is 135 Å². The molecule has 122 valence electrons. The standard InChI is InChI=1S/C15H24N4O2S/c1-15(2,3)19-9-10(6-12(19)20)13(21)16-7-11-8-17-14(22-5)18(11)4/h8,10H,6-7,9H2,1-5H3,(H,16,21)/t10-/m1/s1. The summed E-state index contributed by atoms with van der Waals surface area (Å²) in [5.74, 6) is -0.273. The molecule has 1 aromatic rings. The lowest BCUT2D eigenvalue weighted by atomic mass is 10.1. The topological polar surface area (TPSA) is 67.2 Å². The fraction of sp³-hybridized carbons (Fsp3) is 0.667. The summed E-state index contributed by atoms with van der Waals surface area (Å²) in [5, 5.41) is 3.84. The van der Waals surface area contributed by atoms with Crippen molar-refractivity contribution >= 4 is 23.6 Å². The molecular weight excluding hydrogens is 300 g/mol. The number of imidazole rings is 1. The second-order valence-electron chi connectivity index (χ2n) is 6.59. The van der Waals surface area contributed by atoms with Gasteiger partial charge in [0, 0.05) is 25.6 Å². The molecule has 7 heteroatoms. The highest BCUT2D eigenvalue weighted by molar-refractivity contribution is 7.98. The first-order valence-electron chi connectivity index (χ1n) is 7.36. The number of thioether (sulfide) groups is 1. The van der Waals surface area contributed by atoms with Crippen molar-refractivity contribution in [2.24, 2.45) is 13.0 Å². The van der Waals surface area contributed by atoms with Crippen molar-refractivity contribution in [1.82, 2.24) is 19.8 Å². The Hall–Kier alpha value is -1.50. The number of carbonyl (C=O) groups is 2. The van der Waals surface area contributed by atoms with Crippen LogP contribution in [0.25, 0.3) is 0 Å². The summed E-state index contributed by atoms with van der Waals surface area (Å²) < 4.78 is 1.96. The third kappa shape index (κ3) is 3.45. The number of aromatic nitrogens is 2. The molecule has 2 rings (SSSR count).